The van der Waals surface area contributed by atoms with Gasteiger partial charge in [-0.15, -0.1) is 15.3 Å². The summed E-state index contributed by atoms with van der Waals surface area (Å²) >= 11 is 0. The van der Waals surface area contributed by atoms with Gasteiger partial charge in [-0.25, -0.2) is 0 Å². The third-order valence-corrected chi connectivity index (χ3v) is 3.35. The largest absolute Gasteiger partial charge is 0.491 e. The minimum Gasteiger partial charge on any atom is -0.491 e. The third-order valence-electron chi connectivity index (χ3n) is 3.35. The average Bonchev–Trinajstić information content (AvgIpc) is 2.89. The van der Waals surface area contributed by atoms with Gasteiger partial charge in [-0.3, -0.25) is 5.10 Å². The molecule has 96 valence electrons. The van der Waals surface area contributed by atoms with Gasteiger partial charge in [-0.05, 0) is 23.3 Å². The zero-order chi connectivity index (χ0) is 13.5. The normalized spacial score (nSPS) is 11.2. The lowest BCUT2D eigenvalue weighted by molar-refractivity contribution is 0.456. The van der Waals surface area contributed by atoms with Crippen LogP contribution in [0.4, 0.5) is 0 Å². The second kappa shape index (κ2) is 4.03. The minimum atomic E-state index is -0.125. The molecule has 0 atom stereocenters. The van der Waals surface area contributed by atoms with Crippen molar-refractivity contribution < 1.29 is 5.11 Å². The van der Waals surface area contributed by atoms with Crippen molar-refractivity contribution in [2.24, 2.45) is 0 Å². The van der Waals surface area contributed by atoms with Crippen LogP contribution >= 0.6 is 0 Å². The quantitative estimate of drug-likeness (QED) is 0.553. The topological polar surface area (TPSA) is 74.7 Å². The van der Waals surface area contributed by atoms with Crippen LogP contribution in [0.15, 0.2) is 48.5 Å². The zero-order valence-corrected chi connectivity index (χ0v) is 10.4. The summed E-state index contributed by atoms with van der Waals surface area (Å²) in [6.45, 7) is 0. The highest BCUT2D eigenvalue weighted by atomic mass is 16.3. The Bertz CT molecular complexity index is 915. The molecule has 0 aliphatic heterocycles. The Hall–Kier alpha value is -2.95. The number of H-pyrrole nitrogens is 1. The smallest absolute Gasteiger partial charge is 0.258 e. The maximum Gasteiger partial charge on any atom is 0.258 e. The lowest BCUT2D eigenvalue weighted by atomic mass is 10.0. The second-order valence-electron chi connectivity index (χ2n) is 4.57. The minimum absolute atomic E-state index is 0.125. The van der Waals surface area contributed by atoms with Gasteiger partial charge in [0.15, 0.2) is 5.52 Å². The van der Waals surface area contributed by atoms with E-state index < -0.39 is 0 Å². The van der Waals surface area contributed by atoms with Gasteiger partial charge in [-0.1, -0.05) is 36.4 Å². The molecule has 5 nitrogen and oxygen atoms in total. The van der Waals surface area contributed by atoms with Crippen LogP contribution in [-0.2, 0) is 0 Å². The molecule has 0 unspecified atom stereocenters. The summed E-state index contributed by atoms with van der Waals surface area (Å²) in [5.41, 5.74) is 4.07. The van der Waals surface area contributed by atoms with Gasteiger partial charge in [0.1, 0.15) is 0 Å². The van der Waals surface area contributed by atoms with Crippen molar-refractivity contribution in [3.63, 3.8) is 0 Å². The molecule has 5 heteroatoms. The highest BCUT2D eigenvalue weighted by Gasteiger charge is 2.11. The summed E-state index contributed by atoms with van der Waals surface area (Å²) in [6.07, 6.45) is 0. The van der Waals surface area contributed by atoms with E-state index in [1.54, 1.807) is 0 Å². The molecule has 0 saturated carbocycles. The fourth-order valence-corrected chi connectivity index (χ4v) is 2.35. The van der Waals surface area contributed by atoms with E-state index >= 15 is 0 Å². The average molecular weight is 262 g/mol. The van der Waals surface area contributed by atoms with Crippen LogP contribution in [0.1, 0.15) is 0 Å². The van der Waals surface area contributed by atoms with Gasteiger partial charge in [-0.2, -0.15) is 0 Å². The van der Waals surface area contributed by atoms with E-state index in [1.165, 1.54) is 0 Å². The van der Waals surface area contributed by atoms with Gasteiger partial charge in [0.2, 0.25) is 0 Å². The van der Waals surface area contributed by atoms with E-state index in [1.807, 2.05) is 36.4 Å². The Morgan fingerprint density at radius 3 is 2.60 bits per heavy atom. The van der Waals surface area contributed by atoms with Crippen LogP contribution in [0.3, 0.4) is 0 Å². The van der Waals surface area contributed by atoms with Gasteiger partial charge < -0.3 is 5.11 Å². The molecule has 4 rings (SSSR count). The maximum atomic E-state index is 9.61. The monoisotopic (exact) mass is 262 g/mol. The van der Waals surface area contributed by atoms with E-state index in [0.717, 1.165) is 22.0 Å². The Morgan fingerprint density at radius 2 is 1.75 bits per heavy atom. The summed E-state index contributed by atoms with van der Waals surface area (Å²) in [7, 11) is 0. The van der Waals surface area contributed by atoms with E-state index in [-0.39, 0.29) is 5.88 Å². The molecule has 0 amide bonds. The number of fused-ring (bicyclic) bond motifs is 3. The maximum absolute atomic E-state index is 9.61. The lowest BCUT2D eigenvalue weighted by Crippen LogP contribution is -1.87. The first-order chi connectivity index (χ1) is 9.83. The van der Waals surface area contributed by atoms with E-state index in [4.69, 9.17) is 0 Å². The van der Waals surface area contributed by atoms with Crippen LogP contribution < -0.4 is 0 Å². The van der Waals surface area contributed by atoms with Crippen molar-refractivity contribution in [3.8, 4) is 17.0 Å². The van der Waals surface area contributed by atoms with Crippen molar-refractivity contribution in [1.82, 2.24) is 20.4 Å². The van der Waals surface area contributed by atoms with Gasteiger partial charge in [0.05, 0.1) is 11.0 Å². The molecule has 20 heavy (non-hydrogen) atoms. The Morgan fingerprint density at radius 1 is 0.900 bits per heavy atom. The number of aromatic hydroxyl groups is 1. The standard InChI is InChI=1S/C15H10N4O/c20-15-14-13(17-19-15)11-8-10(6-7-12(11)16-18-14)9-4-2-1-3-5-9/h1-8H,(H2,17,19,20). The second-order valence-corrected chi connectivity index (χ2v) is 4.57. The molecule has 0 aliphatic carbocycles. The molecule has 0 fully saturated rings. The molecule has 0 aliphatic rings. The zero-order valence-electron chi connectivity index (χ0n) is 10.4. The molecule has 0 saturated heterocycles. The molecule has 2 N–H and O–H groups in total. The van der Waals surface area contributed by atoms with Crippen LogP contribution in [0.5, 0.6) is 5.88 Å². The van der Waals surface area contributed by atoms with Crippen LogP contribution in [0.2, 0.25) is 0 Å². The summed E-state index contributed by atoms with van der Waals surface area (Å²) in [6, 6.07) is 16.1. The van der Waals surface area contributed by atoms with E-state index in [2.05, 4.69) is 32.5 Å². The van der Waals surface area contributed by atoms with Crippen molar-refractivity contribution in [1.29, 1.82) is 0 Å². The van der Waals surface area contributed by atoms with Gasteiger partial charge >= 0.3 is 0 Å². The van der Waals surface area contributed by atoms with E-state index in [9.17, 15) is 5.11 Å². The van der Waals surface area contributed by atoms with Gasteiger partial charge in [0.25, 0.3) is 5.88 Å². The highest BCUT2D eigenvalue weighted by molar-refractivity contribution is 6.04. The molecule has 2 aromatic carbocycles. The summed E-state index contributed by atoms with van der Waals surface area (Å²) in [5, 5.41) is 25.2. The highest BCUT2D eigenvalue weighted by Crippen LogP contribution is 2.29. The Kier molecular flexibility index (Phi) is 2.20. The lowest BCUT2D eigenvalue weighted by Gasteiger charge is -2.03. The molecule has 2 heterocycles. The number of benzene rings is 2. The molecule has 0 spiro atoms. The number of aromatic nitrogens is 4. The number of nitrogens with zero attached hydrogens (tertiary/aromatic N) is 3. The van der Waals surface area contributed by atoms with Gasteiger partial charge in [0, 0.05) is 5.39 Å². The first-order valence-corrected chi connectivity index (χ1v) is 6.22. The summed E-state index contributed by atoms with van der Waals surface area (Å²) in [5.74, 6) is -0.125. The fourth-order valence-electron chi connectivity index (χ4n) is 2.35. The first kappa shape index (κ1) is 10.9. The summed E-state index contributed by atoms with van der Waals surface area (Å²) in [4.78, 5) is 0. The molecular weight excluding hydrogens is 252 g/mol. The Labute approximate surface area is 113 Å². The molecular formula is C15H10N4O. The Balaban J connectivity index is 2.05. The number of nitrogens with one attached hydrogen (secondary N) is 1. The number of aromatic amines is 1. The van der Waals surface area contributed by atoms with Crippen molar-refractivity contribution in [2.75, 3.05) is 0 Å². The first-order valence-electron chi connectivity index (χ1n) is 6.22. The van der Waals surface area contributed by atoms with Crippen LogP contribution in [0, 0.1) is 0 Å². The predicted molar refractivity (Wildman–Crippen MR) is 76.3 cm³/mol. The van der Waals surface area contributed by atoms with E-state index in [0.29, 0.717) is 11.0 Å². The molecule has 4 aromatic rings. The fraction of sp³-hybridized carbons (Fsp3) is 0. The molecule has 0 bridgehead atoms. The van der Waals surface area contributed by atoms with Crippen molar-refractivity contribution in [2.45, 2.75) is 0 Å². The van der Waals surface area contributed by atoms with Crippen LogP contribution in [-0.4, -0.2) is 25.5 Å². The SMILES string of the molecule is Oc1n[nH]c2c1nnc1ccc(-c3ccccc3)cc12. The number of hydrogen-bond donors (Lipinski definition) is 2. The predicted octanol–water partition coefficient (Wildman–Crippen LogP) is 2.88. The molecule has 2 aromatic heterocycles. The van der Waals surface area contributed by atoms with Crippen LogP contribution in [0.25, 0.3) is 33.1 Å². The van der Waals surface area contributed by atoms with Crippen molar-refractivity contribution >= 4 is 21.9 Å². The third kappa shape index (κ3) is 1.53. The van der Waals surface area contributed by atoms with Crippen molar-refractivity contribution in [3.05, 3.63) is 48.5 Å². The summed E-state index contributed by atoms with van der Waals surface area (Å²) < 4.78 is 0. The number of rotatable bonds is 1. The number of hydrogen-bond acceptors (Lipinski definition) is 4. The molecule has 0 radical (unpaired) electrons.